The molecule has 0 bridgehead atoms. The Hall–Kier alpha value is -3.17. The first-order chi connectivity index (χ1) is 18.0. The van der Waals surface area contributed by atoms with E-state index in [1.807, 2.05) is 0 Å². The van der Waals surface area contributed by atoms with Gasteiger partial charge in [0.2, 0.25) is 11.8 Å². The lowest BCUT2D eigenvalue weighted by Crippen LogP contribution is -2.62. The molecule has 210 valence electrons. The Morgan fingerprint density at radius 3 is 2.10 bits per heavy atom. The Kier molecular flexibility index (Phi) is 8.68. The third-order valence-electron chi connectivity index (χ3n) is 5.83. The lowest BCUT2D eigenvalue weighted by Gasteiger charge is -2.42. The van der Waals surface area contributed by atoms with Crippen molar-refractivity contribution < 1.29 is 49.4 Å². The molecule has 2 radical (unpaired) electrons. The fraction of sp³-hybridized carbons (Fsp3) is 0.455. The molecule has 2 atom stereocenters. The molecule has 1 aliphatic rings. The molecule has 0 saturated heterocycles. The molecule has 1 aliphatic carbocycles. The van der Waals surface area contributed by atoms with Crippen LogP contribution in [-0.2, 0) is 15.0 Å². The zero-order chi connectivity index (χ0) is 29.2. The van der Waals surface area contributed by atoms with Gasteiger partial charge in [0.1, 0.15) is 25.4 Å². The molecule has 17 heteroatoms. The van der Waals surface area contributed by atoms with Gasteiger partial charge in [-0.05, 0) is 37.1 Å². The van der Waals surface area contributed by atoms with Crippen molar-refractivity contribution in [3.05, 3.63) is 48.5 Å². The van der Waals surface area contributed by atoms with Crippen LogP contribution in [0, 0.1) is 0 Å². The summed E-state index contributed by atoms with van der Waals surface area (Å²) in [4.78, 5) is 34.2. The van der Waals surface area contributed by atoms with Crippen molar-refractivity contribution in [2.24, 2.45) is 0 Å². The van der Waals surface area contributed by atoms with Gasteiger partial charge in [-0.2, -0.15) is 22.0 Å². The van der Waals surface area contributed by atoms with E-state index in [0.717, 1.165) is 30.9 Å². The highest BCUT2D eigenvalue weighted by atomic mass is 35.5. The number of rotatable bonds is 8. The summed E-state index contributed by atoms with van der Waals surface area (Å²) in [5.41, 5.74) is -6.30. The predicted octanol–water partition coefficient (Wildman–Crippen LogP) is 4.59. The van der Waals surface area contributed by atoms with Crippen LogP contribution in [0.4, 0.5) is 40.8 Å². The van der Waals surface area contributed by atoms with E-state index in [0.29, 0.717) is 17.0 Å². The number of halogens is 9. The monoisotopic (exact) mass is 584 g/mol. The van der Waals surface area contributed by atoms with Gasteiger partial charge < -0.3 is 10.1 Å². The second kappa shape index (κ2) is 11.1. The van der Waals surface area contributed by atoms with E-state index < -0.39 is 71.4 Å². The van der Waals surface area contributed by atoms with Crippen molar-refractivity contribution >= 4 is 36.9 Å². The first-order valence-corrected chi connectivity index (χ1v) is 11.5. The van der Waals surface area contributed by atoms with E-state index in [1.54, 1.807) is 0 Å². The van der Waals surface area contributed by atoms with Crippen LogP contribution in [0.25, 0.3) is 0 Å². The maximum absolute atomic E-state index is 14.1. The largest absolute Gasteiger partial charge is 0.499 e. The Morgan fingerprint density at radius 2 is 1.62 bits per heavy atom. The molecule has 1 aromatic carbocycles. The average molecular weight is 585 g/mol. The van der Waals surface area contributed by atoms with Gasteiger partial charge in [0.05, 0.1) is 0 Å². The third kappa shape index (κ3) is 6.71. The van der Waals surface area contributed by atoms with Gasteiger partial charge in [0, 0.05) is 42.5 Å². The number of ether oxygens (including phenoxy) is 1. The fourth-order valence-corrected chi connectivity index (χ4v) is 3.91. The number of alkyl halides is 9. The van der Waals surface area contributed by atoms with Crippen LogP contribution in [0.2, 0.25) is 0 Å². The Morgan fingerprint density at radius 1 is 1.08 bits per heavy atom. The number of hydrogen-bond acceptors (Lipinski definition) is 5. The molecular weight excluding hydrogens is 567 g/mol. The van der Waals surface area contributed by atoms with Crippen LogP contribution in [0.3, 0.4) is 0 Å². The number of nitrogens with zero attached hydrogens (tertiary/aromatic N) is 3. The number of anilines is 1. The molecule has 1 aromatic heterocycles. The third-order valence-corrected chi connectivity index (χ3v) is 6.02. The molecule has 0 aliphatic heterocycles. The van der Waals surface area contributed by atoms with Crippen molar-refractivity contribution in [2.45, 2.75) is 61.0 Å². The van der Waals surface area contributed by atoms with Crippen molar-refractivity contribution in [1.82, 2.24) is 15.3 Å². The number of benzene rings is 1. The molecule has 1 N–H and O–H groups in total. The summed E-state index contributed by atoms with van der Waals surface area (Å²) in [6, 6.07) is 1.84. The van der Waals surface area contributed by atoms with Crippen molar-refractivity contribution in [1.29, 1.82) is 0 Å². The molecule has 3 rings (SSSR count). The standard InChI is InChI=1S/C22H18BClF8N4O3/c23-20(12-9-33-11-34-10-12,18(38)35-13-5-7-19(26,27)8-6-13)36(17(37)16(24)25)14-1-3-15(4-2-14)39-22(31,32)21(28,29)30/h1-4,9-11,13,16H,5-8H2,(H,35,38)/t16-,20-/m0/s1. The highest BCUT2D eigenvalue weighted by Crippen LogP contribution is 2.39. The van der Waals surface area contributed by atoms with Gasteiger partial charge in [0.25, 0.3) is 11.5 Å². The fourth-order valence-electron chi connectivity index (χ4n) is 3.81. The van der Waals surface area contributed by atoms with Crippen molar-refractivity contribution in [3.63, 3.8) is 0 Å². The quantitative estimate of drug-likeness (QED) is 0.279. The van der Waals surface area contributed by atoms with E-state index in [-0.39, 0.29) is 18.4 Å². The first-order valence-electron chi connectivity index (χ1n) is 11.1. The molecule has 0 spiro atoms. The number of carbonyl (C=O) groups is 2. The van der Waals surface area contributed by atoms with Gasteiger partial charge in [-0.15, -0.1) is 0 Å². The minimum atomic E-state index is -6.05. The summed E-state index contributed by atoms with van der Waals surface area (Å²) >= 11 is 5.35. The van der Waals surface area contributed by atoms with E-state index in [1.165, 1.54) is 0 Å². The highest BCUT2D eigenvalue weighted by molar-refractivity contribution is 6.37. The molecule has 1 fully saturated rings. The molecule has 7 nitrogen and oxygen atoms in total. The van der Waals surface area contributed by atoms with E-state index in [2.05, 4.69) is 20.0 Å². The second-order valence-corrected chi connectivity index (χ2v) is 8.97. The van der Waals surface area contributed by atoms with Crippen molar-refractivity contribution in [2.75, 3.05) is 4.90 Å². The average Bonchev–Trinajstić information content (AvgIpc) is 2.85. The number of aromatic nitrogens is 2. The Balaban J connectivity index is 2.03. The maximum atomic E-state index is 14.1. The zero-order valence-electron chi connectivity index (χ0n) is 19.6. The zero-order valence-corrected chi connectivity index (χ0v) is 20.3. The van der Waals surface area contributed by atoms with Gasteiger partial charge in [-0.1, -0.05) is 11.6 Å². The highest BCUT2D eigenvalue weighted by Gasteiger charge is 2.61. The van der Waals surface area contributed by atoms with Gasteiger partial charge >= 0.3 is 12.3 Å². The maximum Gasteiger partial charge on any atom is 0.499 e. The molecule has 1 saturated carbocycles. The lowest BCUT2D eigenvalue weighted by atomic mass is 9.69. The number of carbonyl (C=O) groups excluding carboxylic acids is 2. The van der Waals surface area contributed by atoms with Gasteiger partial charge in [-0.25, -0.2) is 23.1 Å². The van der Waals surface area contributed by atoms with Crippen LogP contribution in [0.1, 0.15) is 31.2 Å². The summed E-state index contributed by atoms with van der Waals surface area (Å²) < 4.78 is 109. The van der Waals surface area contributed by atoms with Gasteiger partial charge in [0.15, 0.2) is 0 Å². The predicted molar refractivity (Wildman–Crippen MR) is 121 cm³/mol. The molecule has 39 heavy (non-hydrogen) atoms. The second-order valence-electron chi connectivity index (χ2n) is 8.58. The molecular formula is C22H18BClF8N4O3. The topological polar surface area (TPSA) is 84.4 Å². The Bertz CT molecular complexity index is 1160. The normalized spacial score (nSPS) is 18.5. The SMILES string of the molecule is [B][C@@](C(=O)NC1CCC(F)(F)CC1)(c1cncnc1)N(C(=O)[C@H](F)Cl)c1ccc(OC(F)(F)C(F)(F)F)cc1. The molecule has 2 amide bonds. The number of amides is 2. The minimum absolute atomic E-state index is 0.158. The van der Waals surface area contributed by atoms with Crippen LogP contribution < -0.4 is 15.0 Å². The van der Waals surface area contributed by atoms with Crippen LogP contribution >= 0.6 is 11.6 Å². The van der Waals surface area contributed by atoms with Gasteiger partial charge in [-0.3, -0.25) is 14.5 Å². The summed E-state index contributed by atoms with van der Waals surface area (Å²) in [7, 11) is 6.38. The van der Waals surface area contributed by atoms with Crippen molar-refractivity contribution in [3.8, 4) is 5.75 Å². The summed E-state index contributed by atoms with van der Waals surface area (Å²) in [5, 5.41) is 2.44. The lowest BCUT2D eigenvalue weighted by molar-refractivity contribution is -0.360. The minimum Gasteiger partial charge on any atom is -0.426 e. The smallest absolute Gasteiger partial charge is 0.426 e. The number of hydrogen-bond donors (Lipinski definition) is 1. The van der Waals surface area contributed by atoms with E-state index in [4.69, 9.17) is 19.4 Å². The molecule has 2 aromatic rings. The summed E-state index contributed by atoms with van der Waals surface area (Å²) in [5.74, 6) is -6.78. The van der Waals surface area contributed by atoms with Crippen LogP contribution in [0.15, 0.2) is 43.0 Å². The summed E-state index contributed by atoms with van der Waals surface area (Å²) in [6.07, 6.45) is -10.0. The first kappa shape index (κ1) is 30.4. The van der Waals surface area contributed by atoms with Crippen LogP contribution in [0.5, 0.6) is 5.75 Å². The molecule has 0 unspecified atom stereocenters. The Labute approximate surface area is 222 Å². The van der Waals surface area contributed by atoms with Crippen LogP contribution in [-0.4, -0.2) is 59.5 Å². The number of nitrogens with one attached hydrogen (secondary N) is 1. The summed E-state index contributed by atoms with van der Waals surface area (Å²) in [6.45, 7) is 0. The van der Waals surface area contributed by atoms with E-state index >= 15 is 0 Å². The van der Waals surface area contributed by atoms with E-state index in [9.17, 15) is 44.7 Å². The molecule has 1 heterocycles.